The molecule has 3 nitrogen and oxygen atoms in total. The van der Waals surface area contributed by atoms with Crippen LogP contribution >= 0.6 is 11.3 Å². The first-order chi connectivity index (χ1) is 12.7. The fraction of sp³-hybridized carbons (Fsp3) is 0.190. The highest BCUT2D eigenvalue weighted by molar-refractivity contribution is 7.15. The maximum absolute atomic E-state index is 13.2. The summed E-state index contributed by atoms with van der Waals surface area (Å²) < 4.78 is 17.9. The molecule has 26 heavy (non-hydrogen) atoms. The van der Waals surface area contributed by atoms with Crippen molar-refractivity contribution >= 4 is 17.3 Å². The Hall–Kier alpha value is -2.50. The van der Waals surface area contributed by atoms with Crippen LogP contribution in [0.4, 0.5) is 4.39 Å². The number of rotatable bonds is 7. The topological polar surface area (TPSA) is 38.3 Å². The van der Waals surface area contributed by atoms with E-state index in [9.17, 15) is 9.18 Å². The van der Waals surface area contributed by atoms with Gasteiger partial charge in [-0.1, -0.05) is 24.3 Å². The van der Waals surface area contributed by atoms with Gasteiger partial charge in [-0.25, -0.2) is 9.18 Å². The van der Waals surface area contributed by atoms with Gasteiger partial charge in [-0.3, -0.25) is 0 Å². The van der Waals surface area contributed by atoms with Crippen molar-refractivity contribution < 1.29 is 13.9 Å². The highest BCUT2D eigenvalue weighted by Gasteiger charge is 2.07. The van der Waals surface area contributed by atoms with E-state index in [4.69, 9.17) is 4.74 Å². The Bertz CT molecular complexity index is 874. The predicted molar refractivity (Wildman–Crippen MR) is 103 cm³/mol. The maximum atomic E-state index is 13.2. The lowest BCUT2D eigenvalue weighted by atomic mass is 10.1. The highest BCUT2D eigenvalue weighted by Crippen LogP contribution is 2.28. The molecule has 2 aromatic carbocycles. The minimum Gasteiger partial charge on any atom is -0.465 e. The second-order valence-electron chi connectivity index (χ2n) is 5.89. The molecule has 0 unspecified atom stereocenters. The van der Waals surface area contributed by atoms with E-state index in [-0.39, 0.29) is 11.8 Å². The van der Waals surface area contributed by atoms with Gasteiger partial charge < -0.3 is 10.1 Å². The second-order valence-corrected chi connectivity index (χ2v) is 7.06. The monoisotopic (exact) mass is 369 g/mol. The molecule has 3 rings (SSSR count). The van der Waals surface area contributed by atoms with Gasteiger partial charge in [0.1, 0.15) is 5.82 Å². The third kappa shape index (κ3) is 4.77. The van der Waals surface area contributed by atoms with Crippen molar-refractivity contribution in [1.29, 1.82) is 0 Å². The summed E-state index contributed by atoms with van der Waals surface area (Å²) in [4.78, 5) is 13.9. The van der Waals surface area contributed by atoms with Crippen LogP contribution in [0.2, 0.25) is 0 Å². The van der Waals surface area contributed by atoms with Crippen molar-refractivity contribution in [1.82, 2.24) is 5.32 Å². The Kier molecular flexibility index (Phi) is 6.15. The Balaban J connectivity index is 1.52. The van der Waals surface area contributed by atoms with E-state index < -0.39 is 0 Å². The number of thiophene rings is 1. The van der Waals surface area contributed by atoms with Crippen molar-refractivity contribution in [3.8, 4) is 10.4 Å². The quantitative estimate of drug-likeness (QED) is 0.486. The van der Waals surface area contributed by atoms with E-state index in [1.54, 1.807) is 35.6 Å². The van der Waals surface area contributed by atoms with Gasteiger partial charge in [-0.15, -0.1) is 11.3 Å². The van der Waals surface area contributed by atoms with E-state index in [2.05, 4.69) is 17.4 Å². The van der Waals surface area contributed by atoms with E-state index >= 15 is 0 Å². The fourth-order valence-corrected chi connectivity index (χ4v) is 3.64. The number of methoxy groups -OCH3 is 1. The standard InChI is InChI=1S/C21H20FNO2S/c1-25-21(24)17-7-5-16(6-8-17)20-10-9-19(26-20)14-23-12-11-15-3-2-4-18(22)13-15/h2-10,13,23H,11-12,14H2,1H3. The maximum Gasteiger partial charge on any atom is 0.337 e. The van der Waals surface area contributed by atoms with E-state index in [0.717, 1.165) is 35.5 Å². The van der Waals surface area contributed by atoms with Gasteiger partial charge in [0.25, 0.3) is 0 Å². The van der Waals surface area contributed by atoms with Crippen LogP contribution in [0.3, 0.4) is 0 Å². The SMILES string of the molecule is COC(=O)c1ccc(-c2ccc(CNCCc3cccc(F)c3)s2)cc1. The van der Waals surface area contributed by atoms with Gasteiger partial charge in [0, 0.05) is 16.3 Å². The highest BCUT2D eigenvalue weighted by atomic mass is 32.1. The molecule has 1 aromatic heterocycles. The van der Waals surface area contributed by atoms with Crippen molar-refractivity contribution in [2.24, 2.45) is 0 Å². The van der Waals surface area contributed by atoms with Gasteiger partial charge in [-0.2, -0.15) is 0 Å². The zero-order chi connectivity index (χ0) is 18.4. The van der Waals surface area contributed by atoms with E-state index in [1.807, 2.05) is 18.2 Å². The number of ether oxygens (including phenoxy) is 1. The zero-order valence-electron chi connectivity index (χ0n) is 14.5. The first kappa shape index (κ1) is 18.3. The summed E-state index contributed by atoms with van der Waals surface area (Å²) in [6, 6.07) is 18.3. The van der Waals surface area contributed by atoms with Crippen LogP contribution < -0.4 is 5.32 Å². The molecule has 3 aromatic rings. The van der Waals surface area contributed by atoms with Crippen molar-refractivity contribution in [2.75, 3.05) is 13.7 Å². The summed E-state index contributed by atoms with van der Waals surface area (Å²) in [5, 5.41) is 3.39. The lowest BCUT2D eigenvalue weighted by Crippen LogP contribution is -2.15. The molecule has 5 heteroatoms. The molecule has 1 N–H and O–H groups in total. The van der Waals surface area contributed by atoms with Gasteiger partial charge in [0.05, 0.1) is 12.7 Å². The van der Waals surface area contributed by atoms with Gasteiger partial charge >= 0.3 is 5.97 Å². The average Bonchev–Trinajstić information content (AvgIpc) is 3.14. The Morgan fingerprint density at radius 3 is 2.65 bits per heavy atom. The predicted octanol–water partition coefficient (Wildman–Crippen LogP) is 4.67. The molecule has 0 spiro atoms. The van der Waals surface area contributed by atoms with E-state index in [1.165, 1.54) is 18.1 Å². The molecule has 0 aliphatic rings. The summed E-state index contributed by atoms with van der Waals surface area (Å²) in [5.74, 6) is -0.519. The first-order valence-electron chi connectivity index (χ1n) is 8.38. The third-order valence-corrected chi connectivity index (χ3v) is 5.17. The molecule has 0 radical (unpaired) electrons. The van der Waals surface area contributed by atoms with Crippen LogP contribution in [0.1, 0.15) is 20.8 Å². The third-order valence-electron chi connectivity index (χ3n) is 4.03. The Morgan fingerprint density at radius 2 is 1.92 bits per heavy atom. The molecule has 0 aliphatic carbocycles. The summed E-state index contributed by atoms with van der Waals surface area (Å²) in [6.07, 6.45) is 0.797. The molecule has 0 aliphatic heterocycles. The molecule has 134 valence electrons. The van der Waals surface area contributed by atoms with Crippen molar-refractivity contribution in [2.45, 2.75) is 13.0 Å². The summed E-state index contributed by atoms with van der Waals surface area (Å²) in [5.41, 5.74) is 2.62. The van der Waals surface area contributed by atoms with Crippen molar-refractivity contribution in [3.63, 3.8) is 0 Å². The van der Waals surface area contributed by atoms with Crippen LogP contribution in [0.15, 0.2) is 60.7 Å². The molecule has 0 fully saturated rings. The summed E-state index contributed by atoms with van der Waals surface area (Å²) >= 11 is 1.72. The molecule has 0 saturated heterocycles. The summed E-state index contributed by atoms with van der Waals surface area (Å²) in [6.45, 7) is 1.57. The Labute approximate surface area is 156 Å². The zero-order valence-corrected chi connectivity index (χ0v) is 15.3. The largest absolute Gasteiger partial charge is 0.465 e. The molecule has 0 amide bonds. The lowest BCUT2D eigenvalue weighted by molar-refractivity contribution is 0.0601. The fourth-order valence-electron chi connectivity index (χ4n) is 2.65. The van der Waals surface area contributed by atoms with Gasteiger partial charge in [0.15, 0.2) is 0 Å². The van der Waals surface area contributed by atoms with Crippen molar-refractivity contribution in [3.05, 3.63) is 82.5 Å². The lowest BCUT2D eigenvalue weighted by Gasteiger charge is -2.04. The number of nitrogens with one attached hydrogen (secondary N) is 1. The van der Waals surface area contributed by atoms with E-state index in [0.29, 0.717) is 5.56 Å². The Morgan fingerprint density at radius 1 is 1.12 bits per heavy atom. The summed E-state index contributed by atoms with van der Waals surface area (Å²) in [7, 11) is 1.38. The average molecular weight is 369 g/mol. The first-order valence-corrected chi connectivity index (χ1v) is 9.20. The molecule has 0 saturated carbocycles. The van der Waals surface area contributed by atoms with Gasteiger partial charge in [0.2, 0.25) is 0 Å². The minimum atomic E-state index is -0.328. The second kappa shape index (κ2) is 8.74. The number of carbonyl (C=O) groups excluding carboxylic acids is 1. The molecule has 0 bridgehead atoms. The van der Waals surface area contributed by atoms with Crippen LogP contribution in [0.25, 0.3) is 10.4 Å². The van der Waals surface area contributed by atoms with Gasteiger partial charge in [-0.05, 0) is 60.5 Å². The number of carbonyl (C=O) groups is 1. The van der Waals surface area contributed by atoms with Crippen LogP contribution in [-0.2, 0) is 17.7 Å². The van der Waals surface area contributed by atoms with Crippen LogP contribution in [0, 0.1) is 5.82 Å². The number of hydrogen-bond acceptors (Lipinski definition) is 4. The van der Waals surface area contributed by atoms with Crippen LogP contribution in [-0.4, -0.2) is 19.6 Å². The molecule has 1 heterocycles. The molecule has 0 atom stereocenters. The smallest absolute Gasteiger partial charge is 0.337 e. The van der Waals surface area contributed by atoms with Crippen LogP contribution in [0.5, 0.6) is 0 Å². The number of benzene rings is 2. The number of hydrogen-bond donors (Lipinski definition) is 1. The molecular formula is C21H20FNO2S. The number of halogens is 1. The minimum absolute atomic E-state index is 0.191. The number of esters is 1. The molecular weight excluding hydrogens is 349 g/mol. The normalized spacial score (nSPS) is 10.7.